The van der Waals surface area contributed by atoms with Gasteiger partial charge in [0.1, 0.15) is 5.01 Å². The fraction of sp³-hybridized carbons (Fsp3) is 0.700. The van der Waals surface area contributed by atoms with Gasteiger partial charge in [-0.3, -0.25) is 0 Å². The number of hydrogen-bond donors (Lipinski definition) is 1. The summed E-state index contributed by atoms with van der Waals surface area (Å²) in [5.41, 5.74) is 1.34. The molecule has 1 fully saturated rings. The quantitative estimate of drug-likeness (QED) is 0.797. The predicted octanol–water partition coefficient (Wildman–Crippen LogP) is 2.51. The molecule has 1 heterocycles. The van der Waals surface area contributed by atoms with E-state index in [9.17, 15) is 0 Å². The first kappa shape index (κ1) is 10.5. The molecule has 0 aliphatic heterocycles. The third kappa shape index (κ3) is 2.30. The number of thiazole rings is 1. The molecule has 0 unspecified atom stereocenters. The molecule has 0 spiro atoms. The van der Waals surface area contributed by atoms with Crippen molar-refractivity contribution in [1.29, 1.82) is 0 Å². The Morgan fingerprint density at radius 2 is 2.21 bits per heavy atom. The molecule has 0 aromatic carbocycles. The Hall–Kier alpha value is -0.0600. The van der Waals surface area contributed by atoms with Crippen LogP contribution in [0.5, 0.6) is 0 Å². The van der Waals surface area contributed by atoms with Gasteiger partial charge in [-0.25, -0.2) is 4.98 Å². The van der Waals surface area contributed by atoms with Crippen molar-refractivity contribution >= 4 is 24.0 Å². The van der Waals surface area contributed by atoms with Gasteiger partial charge in [-0.2, -0.15) is 12.6 Å². The van der Waals surface area contributed by atoms with Gasteiger partial charge in [0.2, 0.25) is 0 Å². The first-order valence-electron chi connectivity index (χ1n) is 4.94. The average molecular weight is 228 g/mol. The van der Waals surface area contributed by atoms with Gasteiger partial charge in [-0.1, -0.05) is 0 Å². The van der Waals surface area contributed by atoms with Crippen molar-refractivity contribution in [3.63, 3.8) is 0 Å². The van der Waals surface area contributed by atoms with Gasteiger partial charge >= 0.3 is 0 Å². The van der Waals surface area contributed by atoms with E-state index in [1.165, 1.54) is 28.4 Å². The second-order valence-corrected chi connectivity index (χ2v) is 5.57. The van der Waals surface area contributed by atoms with Crippen LogP contribution in [0.2, 0.25) is 0 Å². The number of hydrogen-bond acceptors (Lipinski definition) is 4. The molecule has 2 rings (SSSR count). The topological polar surface area (TPSA) is 16.1 Å². The molecule has 1 saturated carbocycles. The van der Waals surface area contributed by atoms with E-state index in [1.54, 1.807) is 0 Å². The number of rotatable bonds is 4. The van der Waals surface area contributed by atoms with Crippen molar-refractivity contribution in [3.8, 4) is 0 Å². The largest absolute Gasteiger partial charge is 0.303 e. The zero-order valence-electron chi connectivity index (χ0n) is 8.66. The third-order valence-electron chi connectivity index (χ3n) is 2.33. The maximum absolute atomic E-state index is 4.71. The molecule has 78 valence electrons. The lowest BCUT2D eigenvalue weighted by molar-refractivity contribution is 0.401. The van der Waals surface area contributed by atoms with Gasteiger partial charge in [0.15, 0.2) is 0 Å². The van der Waals surface area contributed by atoms with Crippen LogP contribution >= 0.6 is 24.0 Å². The van der Waals surface area contributed by atoms with E-state index in [1.807, 2.05) is 11.3 Å². The Labute approximate surface area is 94.8 Å². The van der Waals surface area contributed by atoms with Gasteiger partial charge in [0, 0.05) is 23.1 Å². The summed E-state index contributed by atoms with van der Waals surface area (Å²) in [6.07, 6.45) is 2.65. The minimum Gasteiger partial charge on any atom is -0.303 e. The van der Waals surface area contributed by atoms with E-state index >= 15 is 0 Å². The zero-order valence-corrected chi connectivity index (χ0v) is 10.4. The molecule has 0 amide bonds. The fourth-order valence-electron chi connectivity index (χ4n) is 1.54. The first-order valence-corrected chi connectivity index (χ1v) is 6.39. The summed E-state index contributed by atoms with van der Waals surface area (Å²) in [6, 6.07) is 0. The van der Waals surface area contributed by atoms with Crippen molar-refractivity contribution in [1.82, 2.24) is 9.88 Å². The number of nitrogens with zero attached hydrogens (tertiary/aromatic N) is 2. The van der Waals surface area contributed by atoms with Crippen LogP contribution in [0.3, 0.4) is 0 Å². The molecular formula is C10H16N2S2. The molecule has 0 saturated heterocycles. The summed E-state index contributed by atoms with van der Waals surface area (Å²) in [5, 5.41) is 1.24. The molecule has 0 atom stereocenters. The summed E-state index contributed by atoms with van der Waals surface area (Å²) in [4.78, 5) is 8.26. The van der Waals surface area contributed by atoms with Crippen LogP contribution < -0.4 is 0 Å². The van der Waals surface area contributed by atoms with Crippen LogP contribution in [-0.4, -0.2) is 24.0 Å². The van der Waals surface area contributed by atoms with Crippen molar-refractivity contribution in [2.75, 3.05) is 14.1 Å². The van der Waals surface area contributed by atoms with Crippen LogP contribution in [-0.2, 0) is 12.3 Å². The van der Waals surface area contributed by atoms with Crippen LogP contribution in [0.25, 0.3) is 0 Å². The van der Waals surface area contributed by atoms with Crippen molar-refractivity contribution in [3.05, 3.63) is 15.6 Å². The van der Waals surface area contributed by atoms with Gasteiger partial charge < -0.3 is 4.90 Å². The SMILES string of the molecule is CN(C)Cc1nc(C2CC2)c(CS)s1. The molecule has 14 heavy (non-hydrogen) atoms. The molecule has 0 radical (unpaired) electrons. The molecule has 1 aromatic rings. The van der Waals surface area contributed by atoms with Gasteiger partial charge in [-0.05, 0) is 26.9 Å². The Kier molecular flexibility index (Phi) is 3.14. The maximum atomic E-state index is 4.71. The number of thiol groups is 1. The van der Waals surface area contributed by atoms with E-state index in [-0.39, 0.29) is 0 Å². The highest BCUT2D eigenvalue weighted by molar-refractivity contribution is 7.79. The van der Waals surface area contributed by atoms with E-state index in [0.29, 0.717) is 0 Å². The minimum atomic E-state index is 0.754. The zero-order chi connectivity index (χ0) is 10.1. The Morgan fingerprint density at radius 3 is 2.71 bits per heavy atom. The molecule has 2 nitrogen and oxygen atoms in total. The standard InChI is InChI=1S/C10H16N2S2/c1-12(2)5-9-11-10(7-3-4-7)8(6-13)14-9/h7,13H,3-6H2,1-2H3. The van der Waals surface area contributed by atoms with E-state index in [0.717, 1.165) is 18.2 Å². The summed E-state index contributed by atoms with van der Waals surface area (Å²) in [7, 11) is 4.16. The van der Waals surface area contributed by atoms with E-state index in [4.69, 9.17) is 4.98 Å². The molecule has 0 N–H and O–H groups in total. The maximum Gasteiger partial charge on any atom is 0.107 e. The fourth-order valence-corrected chi connectivity index (χ4v) is 3.03. The average Bonchev–Trinajstić information content (AvgIpc) is 2.88. The van der Waals surface area contributed by atoms with Crippen molar-refractivity contribution in [2.45, 2.75) is 31.1 Å². The van der Waals surface area contributed by atoms with Crippen LogP contribution in [0.15, 0.2) is 0 Å². The predicted molar refractivity (Wildman–Crippen MR) is 64.2 cm³/mol. The summed E-state index contributed by atoms with van der Waals surface area (Å²) in [6.45, 7) is 0.957. The van der Waals surface area contributed by atoms with Gasteiger partial charge in [0.05, 0.1) is 5.69 Å². The highest BCUT2D eigenvalue weighted by atomic mass is 32.1. The summed E-state index contributed by atoms with van der Waals surface area (Å²) >= 11 is 6.19. The lowest BCUT2D eigenvalue weighted by atomic mass is 10.3. The Bertz CT molecular complexity index is 316. The normalized spacial score (nSPS) is 16.6. The van der Waals surface area contributed by atoms with Crippen molar-refractivity contribution in [2.24, 2.45) is 0 Å². The van der Waals surface area contributed by atoms with Crippen LogP contribution in [0, 0.1) is 0 Å². The van der Waals surface area contributed by atoms with Crippen molar-refractivity contribution < 1.29 is 0 Å². The molecule has 1 aromatic heterocycles. The smallest absolute Gasteiger partial charge is 0.107 e. The monoisotopic (exact) mass is 228 g/mol. The van der Waals surface area contributed by atoms with Crippen LogP contribution in [0.1, 0.15) is 34.3 Å². The van der Waals surface area contributed by atoms with E-state index in [2.05, 4.69) is 31.6 Å². The molecule has 1 aliphatic rings. The highest BCUT2D eigenvalue weighted by Crippen LogP contribution is 2.43. The molecule has 1 aliphatic carbocycles. The third-order valence-corrected chi connectivity index (χ3v) is 3.92. The number of aromatic nitrogens is 1. The Balaban J connectivity index is 2.17. The molecule has 4 heteroatoms. The second-order valence-electron chi connectivity index (χ2n) is 4.09. The molecular weight excluding hydrogens is 212 g/mol. The second kappa shape index (κ2) is 4.21. The highest BCUT2D eigenvalue weighted by Gasteiger charge is 2.29. The summed E-state index contributed by atoms with van der Waals surface area (Å²) < 4.78 is 0. The minimum absolute atomic E-state index is 0.754. The van der Waals surface area contributed by atoms with Crippen LogP contribution in [0.4, 0.5) is 0 Å². The lowest BCUT2D eigenvalue weighted by Crippen LogP contribution is -2.10. The van der Waals surface area contributed by atoms with E-state index < -0.39 is 0 Å². The van der Waals surface area contributed by atoms with Gasteiger partial charge in [-0.15, -0.1) is 11.3 Å². The first-order chi connectivity index (χ1) is 6.70. The Morgan fingerprint density at radius 1 is 1.50 bits per heavy atom. The molecule has 0 bridgehead atoms. The van der Waals surface area contributed by atoms with Gasteiger partial charge in [0.25, 0.3) is 0 Å². The lowest BCUT2D eigenvalue weighted by Gasteiger charge is -2.04. The summed E-state index contributed by atoms with van der Waals surface area (Å²) in [5.74, 6) is 1.60.